The Hall–Kier alpha value is -3.03. The van der Waals surface area contributed by atoms with Crippen LogP contribution in [0.2, 0.25) is 0 Å². The molecule has 0 spiro atoms. The molecule has 2 N–H and O–H groups in total. The number of hydrogen-bond acceptors (Lipinski definition) is 3. The molecule has 0 aliphatic carbocycles. The van der Waals surface area contributed by atoms with Crippen molar-refractivity contribution in [1.82, 2.24) is 10.6 Å². The van der Waals surface area contributed by atoms with Gasteiger partial charge in [-0.1, -0.05) is 30.3 Å². The average Bonchev–Trinajstić information content (AvgIpc) is 2.60. The second-order valence-corrected chi connectivity index (χ2v) is 5.34. The van der Waals surface area contributed by atoms with Crippen LogP contribution in [0, 0.1) is 0 Å². The zero-order chi connectivity index (χ0) is 19.0. The first kappa shape index (κ1) is 19.3. The van der Waals surface area contributed by atoms with Crippen molar-refractivity contribution >= 4 is 11.8 Å². The molecule has 2 aromatic carbocycles. The number of alkyl halides is 3. The maximum atomic E-state index is 12.1. The van der Waals surface area contributed by atoms with Gasteiger partial charge in [-0.15, -0.1) is 13.2 Å². The molecule has 138 valence electrons. The third-order valence-electron chi connectivity index (χ3n) is 3.32. The highest BCUT2D eigenvalue weighted by molar-refractivity contribution is 5.94. The van der Waals surface area contributed by atoms with Gasteiger partial charge in [0.05, 0.1) is 0 Å². The van der Waals surface area contributed by atoms with E-state index in [0.29, 0.717) is 11.1 Å². The number of hydrogen-bond donors (Lipinski definition) is 2. The Bertz CT molecular complexity index is 732. The Morgan fingerprint density at radius 2 is 1.58 bits per heavy atom. The number of amides is 2. The molecule has 2 rings (SSSR count). The zero-order valence-corrected chi connectivity index (χ0v) is 13.7. The Kier molecular flexibility index (Phi) is 6.60. The summed E-state index contributed by atoms with van der Waals surface area (Å²) in [7, 11) is 0. The second-order valence-electron chi connectivity index (χ2n) is 5.34. The molecule has 2 amide bonds. The molecular formula is C18H17F3N2O3. The molecular weight excluding hydrogens is 349 g/mol. The second kappa shape index (κ2) is 8.89. The number of halogens is 3. The summed E-state index contributed by atoms with van der Waals surface area (Å²) in [5, 5.41) is 5.26. The molecule has 0 radical (unpaired) electrons. The number of carbonyl (C=O) groups excluding carboxylic acids is 2. The molecule has 5 nitrogen and oxygen atoms in total. The maximum absolute atomic E-state index is 12.1. The fourth-order valence-electron chi connectivity index (χ4n) is 2.08. The van der Waals surface area contributed by atoms with Crippen LogP contribution in [0.5, 0.6) is 5.75 Å². The van der Waals surface area contributed by atoms with Gasteiger partial charge in [-0.2, -0.15) is 0 Å². The van der Waals surface area contributed by atoms with Crippen LogP contribution in [0.1, 0.15) is 22.3 Å². The highest BCUT2D eigenvalue weighted by Crippen LogP contribution is 2.22. The van der Waals surface area contributed by atoms with Crippen LogP contribution in [0.4, 0.5) is 13.2 Å². The van der Waals surface area contributed by atoms with Crippen LogP contribution in [0.25, 0.3) is 0 Å². The van der Waals surface area contributed by atoms with Crippen LogP contribution < -0.4 is 15.4 Å². The van der Waals surface area contributed by atoms with Gasteiger partial charge in [0.1, 0.15) is 5.75 Å². The third kappa shape index (κ3) is 6.84. The van der Waals surface area contributed by atoms with Gasteiger partial charge in [-0.05, 0) is 29.8 Å². The fraction of sp³-hybridized carbons (Fsp3) is 0.222. The molecule has 0 fully saturated rings. The standard InChI is InChI=1S/C18H17F3N2O3/c19-18(20,21)26-15-8-6-13(7-9-15)12-23-16(24)10-11-22-17(25)14-4-2-1-3-5-14/h1-9H,10-12H2,(H,22,25)(H,23,24). The van der Waals surface area contributed by atoms with E-state index in [1.165, 1.54) is 24.3 Å². The predicted octanol–water partition coefficient (Wildman–Crippen LogP) is 3.02. The summed E-state index contributed by atoms with van der Waals surface area (Å²) in [4.78, 5) is 23.6. The molecule has 0 heterocycles. The van der Waals surface area contributed by atoms with Gasteiger partial charge in [0.25, 0.3) is 5.91 Å². The van der Waals surface area contributed by atoms with Crippen molar-refractivity contribution in [1.29, 1.82) is 0 Å². The van der Waals surface area contributed by atoms with Gasteiger partial charge in [0.15, 0.2) is 0 Å². The lowest BCUT2D eigenvalue weighted by Gasteiger charge is -2.10. The van der Waals surface area contributed by atoms with E-state index in [1.807, 2.05) is 0 Å². The molecule has 0 aromatic heterocycles. The number of ether oxygens (including phenoxy) is 1. The summed E-state index contributed by atoms with van der Waals surface area (Å²) >= 11 is 0. The Balaban J connectivity index is 1.69. The van der Waals surface area contributed by atoms with E-state index in [9.17, 15) is 22.8 Å². The molecule has 0 aliphatic heterocycles. The lowest BCUT2D eigenvalue weighted by molar-refractivity contribution is -0.274. The van der Waals surface area contributed by atoms with Gasteiger partial charge >= 0.3 is 6.36 Å². The Morgan fingerprint density at radius 1 is 0.923 bits per heavy atom. The average molecular weight is 366 g/mol. The number of carbonyl (C=O) groups is 2. The van der Waals surface area contributed by atoms with E-state index in [2.05, 4.69) is 15.4 Å². The van der Waals surface area contributed by atoms with E-state index in [-0.39, 0.29) is 37.1 Å². The van der Waals surface area contributed by atoms with E-state index in [4.69, 9.17) is 0 Å². The first-order chi connectivity index (χ1) is 12.3. The highest BCUT2D eigenvalue weighted by atomic mass is 19.4. The summed E-state index contributed by atoms with van der Waals surface area (Å²) in [5.41, 5.74) is 1.13. The smallest absolute Gasteiger partial charge is 0.406 e. The molecule has 0 saturated carbocycles. The summed E-state index contributed by atoms with van der Waals surface area (Å²) in [6, 6.07) is 13.8. The minimum absolute atomic E-state index is 0.0911. The molecule has 2 aromatic rings. The lowest BCUT2D eigenvalue weighted by Crippen LogP contribution is -2.30. The molecule has 0 aliphatic rings. The number of rotatable bonds is 7. The first-order valence-electron chi connectivity index (χ1n) is 7.78. The summed E-state index contributed by atoms with van der Waals surface area (Å²) < 4.78 is 40.0. The van der Waals surface area contributed by atoms with E-state index < -0.39 is 6.36 Å². The largest absolute Gasteiger partial charge is 0.573 e. The summed E-state index contributed by atoms with van der Waals surface area (Å²) in [5.74, 6) is -0.871. The Labute approximate surface area is 148 Å². The highest BCUT2D eigenvalue weighted by Gasteiger charge is 2.30. The Morgan fingerprint density at radius 3 is 2.19 bits per heavy atom. The lowest BCUT2D eigenvalue weighted by atomic mass is 10.2. The zero-order valence-electron chi connectivity index (χ0n) is 13.7. The first-order valence-corrected chi connectivity index (χ1v) is 7.78. The topological polar surface area (TPSA) is 67.4 Å². The van der Waals surface area contributed by atoms with Gasteiger partial charge < -0.3 is 15.4 Å². The van der Waals surface area contributed by atoms with Crippen molar-refractivity contribution in [2.24, 2.45) is 0 Å². The van der Waals surface area contributed by atoms with Crippen molar-refractivity contribution in [2.45, 2.75) is 19.3 Å². The van der Waals surface area contributed by atoms with Gasteiger partial charge in [-0.3, -0.25) is 9.59 Å². The predicted molar refractivity (Wildman–Crippen MR) is 88.4 cm³/mol. The minimum atomic E-state index is -4.74. The molecule has 0 saturated heterocycles. The maximum Gasteiger partial charge on any atom is 0.573 e. The number of benzene rings is 2. The van der Waals surface area contributed by atoms with Crippen molar-refractivity contribution in [3.05, 3.63) is 65.7 Å². The van der Waals surface area contributed by atoms with Crippen molar-refractivity contribution in [3.8, 4) is 5.75 Å². The molecule has 0 bridgehead atoms. The van der Waals surface area contributed by atoms with Gasteiger partial charge in [0.2, 0.25) is 5.91 Å². The van der Waals surface area contributed by atoms with E-state index >= 15 is 0 Å². The fourth-order valence-corrected chi connectivity index (χ4v) is 2.08. The SMILES string of the molecule is O=C(CCNC(=O)c1ccccc1)NCc1ccc(OC(F)(F)F)cc1. The van der Waals surface area contributed by atoms with Crippen LogP contribution in [-0.2, 0) is 11.3 Å². The van der Waals surface area contributed by atoms with E-state index in [1.54, 1.807) is 30.3 Å². The van der Waals surface area contributed by atoms with E-state index in [0.717, 1.165) is 0 Å². The van der Waals surface area contributed by atoms with Crippen LogP contribution in [0.3, 0.4) is 0 Å². The monoisotopic (exact) mass is 366 g/mol. The van der Waals surface area contributed by atoms with Gasteiger partial charge in [0, 0.05) is 25.1 Å². The molecule has 0 unspecified atom stereocenters. The quantitative estimate of drug-likeness (QED) is 0.792. The van der Waals surface area contributed by atoms with Crippen LogP contribution in [-0.4, -0.2) is 24.7 Å². The molecule has 0 atom stereocenters. The summed E-state index contributed by atoms with van der Waals surface area (Å²) in [6.45, 7) is 0.343. The third-order valence-corrected chi connectivity index (χ3v) is 3.32. The molecule has 26 heavy (non-hydrogen) atoms. The summed E-state index contributed by atoms with van der Waals surface area (Å²) in [6.07, 6.45) is -4.65. The van der Waals surface area contributed by atoms with Crippen LogP contribution in [0.15, 0.2) is 54.6 Å². The van der Waals surface area contributed by atoms with Crippen molar-refractivity contribution < 1.29 is 27.5 Å². The van der Waals surface area contributed by atoms with Crippen molar-refractivity contribution in [3.63, 3.8) is 0 Å². The molecule has 8 heteroatoms. The van der Waals surface area contributed by atoms with Crippen LogP contribution >= 0.6 is 0 Å². The minimum Gasteiger partial charge on any atom is -0.406 e. The van der Waals surface area contributed by atoms with Crippen molar-refractivity contribution in [2.75, 3.05) is 6.54 Å². The number of nitrogens with one attached hydrogen (secondary N) is 2. The normalized spacial score (nSPS) is 10.9. The van der Waals surface area contributed by atoms with Gasteiger partial charge in [-0.25, -0.2) is 0 Å².